The first-order chi connectivity index (χ1) is 10.7. The lowest BCUT2D eigenvalue weighted by molar-refractivity contribution is -0.119. The largest absolute Gasteiger partial charge is 0.489 e. The van der Waals surface area contributed by atoms with E-state index >= 15 is 0 Å². The summed E-state index contributed by atoms with van der Waals surface area (Å²) in [5.74, 6) is 0.931. The SMILES string of the molecule is Cc1c(COc2ccccc2)cccc1N[C@H]1CCNC1=O. The molecule has 0 saturated carbocycles. The highest BCUT2D eigenvalue weighted by atomic mass is 16.5. The zero-order valence-electron chi connectivity index (χ0n) is 12.6. The van der Waals surface area contributed by atoms with E-state index in [1.54, 1.807) is 0 Å². The highest BCUT2D eigenvalue weighted by molar-refractivity contribution is 5.86. The summed E-state index contributed by atoms with van der Waals surface area (Å²) in [7, 11) is 0. The normalized spacial score (nSPS) is 17.1. The number of nitrogens with one attached hydrogen (secondary N) is 2. The fraction of sp³-hybridized carbons (Fsp3) is 0.278. The molecule has 0 radical (unpaired) electrons. The van der Waals surface area contributed by atoms with E-state index in [1.807, 2.05) is 42.5 Å². The van der Waals surface area contributed by atoms with Crippen LogP contribution < -0.4 is 15.4 Å². The molecule has 2 N–H and O–H groups in total. The standard InChI is InChI=1S/C18H20N2O2/c1-13-14(12-22-15-7-3-2-4-8-15)6-5-9-16(13)20-17-10-11-19-18(17)21/h2-9,17,20H,10-12H2,1H3,(H,19,21)/t17-/m0/s1. The third-order valence-corrected chi connectivity index (χ3v) is 3.96. The number of carbonyl (C=O) groups is 1. The fourth-order valence-corrected chi connectivity index (χ4v) is 2.59. The van der Waals surface area contributed by atoms with Crippen LogP contribution >= 0.6 is 0 Å². The van der Waals surface area contributed by atoms with Gasteiger partial charge in [-0.25, -0.2) is 0 Å². The predicted molar refractivity (Wildman–Crippen MR) is 87.0 cm³/mol. The molecule has 2 aromatic carbocycles. The Hall–Kier alpha value is -2.49. The second kappa shape index (κ2) is 6.52. The summed E-state index contributed by atoms with van der Waals surface area (Å²) < 4.78 is 5.81. The molecular formula is C18H20N2O2. The van der Waals surface area contributed by atoms with Gasteiger partial charge < -0.3 is 15.4 Å². The zero-order chi connectivity index (χ0) is 15.4. The first kappa shape index (κ1) is 14.4. The molecule has 114 valence electrons. The van der Waals surface area contributed by atoms with Gasteiger partial charge in [0, 0.05) is 12.2 Å². The third-order valence-electron chi connectivity index (χ3n) is 3.96. The van der Waals surface area contributed by atoms with E-state index in [0.717, 1.165) is 35.5 Å². The Bertz CT molecular complexity index is 655. The highest BCUT2D eigenvalue weighted by Crippen LogP contribution is 2.22. The van der Waals surface area contributed by atoms with Crippen molar-refractivity contribution in [1.82, 2.24) is 5.32 Å². The maximum Gasteiger partial charge on any atom is 0.242 e. The second-order valence-electron chi connectivity index (χ2n) is 5.47. The quantitative estimate of drug-likeness (QED) is 0.892. The van der Waals surface area contributed by atoms with Crippen molar-refractivity contribution >= 4 is 11.6 Å². The van der Waals surface area contributed by atoms with E-state index in [0.29, 0.717) is 6.61 Å². The maximum absolute atomic E-state index is 11.7. The highest BCUT2D eigenvalue weighted by Gasteiger charge is 2.24. The molecule has 2 aromatic rings. The molecule has 0 unspecified atom stereocenters. The van der Waals surface area contributed by atoms with Gasteiger partial charge in [-0.15, -0.1) is 0 Å². The first-order valence-electron chi connectivity index (χ1n) is 7.54. The Morgan fingerprint density at radius 2 is 2.00 bits per heavy atom. The van der Waals surface area contributed by atoms with E-state index in [-0.39, 0.29) is 11.9 Å². The van der Waals surface area contributed by atoms with E-state index in [9.17, 15) is 4.79 Å². The van der Waals surface area contributed by atoms with E-state index in [1.165, 1.54) is 0 Å². The predicted octanol–water partition coefficient (Wildman–Crippen LogP) is 2.87. The lowest BCUT2D eigenvalue weighted by Crippen LogP contribution is -2.29. The van der Waals surface area contributed by atoms with Gasteiger partial charge in [0.05, 0.1) is 0 Å². The van der Waals surface area contributed by atoms with Crippen molar-refractivity contribution in [3.63, 3.8) is 0 Å². The Balaban J connectivity index is 1.70. The Morgan fingerprint density at radius 3 is 2.73 bits per heavy atom. The molecule has 0 spiro atoms. The summed E-state index contributed by atoms with van der Waals surface area (Å²) >= 11 is 0. The van der Waals surface area contributed by atoms with Crippen LogP contribution in [0, 0.1) is 6.92 Å². The molecule has 4 nitrogen and oxygen atoms in total. The second-order valence-corrected chi connectivity index (χ2v) is 5.47. The van der Waals surface area contributed by atoms with Crippen molar-refractivity contribution < 1.29 is 9.53 Å². The number of anilines is 1. The van der Waals surface area contributed by atoms with Crippen molar-refractivity contribution in [2.45, 2.75) is 26.0 Å². The molecule has 1 amide bonds. The van der Waals surface area contributed by atoms with Gasteiger partial charge in [0.2, 0.25) is 5.91 Å². The molecule has 0 aromatic heterocycles. The average Bonchev–Trinajstić information content (AvgIpc) is 2.94. The van der Waals surface area contributed by atoms with Crippen LogP contribution in [0.5, 0.6) is 5.75 Å². The average molecular weight is 296 g/mol. The molecule has 3 rings (SSSR count). The van der Waals surface area contributed by atoms with Crippen molar-refractivity contribution in [2.75, 3.05) is 11.9 Å². The molecule has 1 fully saturated rings. The number of carbonyl (C=O) groups excluding carboxylic acids is 1. The molecule has 1 aliphatic heterocycles. The lowest BCUT2D eigenvalue weighted by atomic mass is 10.1. The Morgan fingerprint density at radius 1 is 1.18 bits per heavy atom. The number of benzene rings is 2. The van der Waals surface area contributed by atoms with Crippen LogP contribution in [0.25, 0.3) is 0 Å². The van der Waals surface area contributed by atoms with Gasteiger partial charge in [-0.05, 0) is 42.7 Å². The van der Waals surface area contributed by atoms with Crippen molar-refractivity contribution in [2.24, 2.45) is 0 Å². The van der Waals surface area contributed by atoms with Crippen LogP contribution in [-0.2, 0) is 11.4 Å². The van der Waals surface area contributed by atoms with Crippen molar-refractivity contribution in [1.29, 1.82) is 0 Å². The summed E-state index contributed by atoms with van der Waals surface area (Å²) in [4.78, 5) is 11.7. The third kappa shape index (κ3) is 3.22. The van der Waals surface area contributed by atoms with Crippen LogP contribution in [0.15, 0.2) is 48.5 Å². The minimum Gasteiger partial charge on any atom is -0.489 e. The molecule has 1 saturated heterocycles. The van der Waals surface area contributed by atoms with E-state index < -0.39 is 0 Å². The number of amides is 1. The summed E-state index contributed by atoms with van der Waals surface area (Å²) in [5, 5.41) is 6.17. The van der Waals surface area contributed by atoms with Gasteiger partial charge in [-0.2, -0.15) is 0 Å². The zero-order valence-corrected chi connectivity index (χ0v) is 12.6. The molecule has 1 heterocycles. The van der Waals surface area contributed by atoms with Gasteiger partial charge in [0.25, 0.3) is 0 Å². The summed E-state index contributed by atoms with van der Waals surface area (Å²) in [6.07, 6.45) is 0.822. The van der Waals surface area contributed by atoms with Gasteiger partial charge in [-0.3, -0.25) is 4.79 Å². The van der Waals surface area contributed by atoms with Crippen LogP contribution in [-0.4, -0.2) is 18.5 Å². The molecule has 1 atom stereocenters. The van der Waals surface area contributed by atoms with Crippen molar-refractivity contribution in [3.8, 4) is 5.75 Å². The number of ether oxygens (including phenoxy) is 1. The molecule has 1 aliphatic rings. The van der Waals surface area contributed by atoms with Crippen molar-refractivity contribution in [3.05, 3.63) is 59.7 Å². The fourth-order valence-electron chi connectivity index (χ4n) is 2.59. The summed E-state index contributed by atoms with van der Waals surface area (Å²) in [6.45, 7) is 3.31. The van der Waals surface area contributed by atoms with Crippen LogP contribution in [0.2, 0.25) is 0 Å². The van der Waals surface area contributed by atoms with Crippen LogP contribution in [0.1, 0.15) is 17.5 Å². The summed E-state index contributed by atoms with van der Waals surface area (Å²) in [6, 6.07) is 15.7. The lowest BCUT2D eigenvalue weighted by Gasteiger charge is -2.16. The minimum absolute atomic E-state index is 0.0744. The number of rotatable bonds is 5. The maximum atomic E-state index is 11.7. The monoisotopic (exact) mass is 296 g/mol. The molecular weight excluding hydrogens is 276 g/mol. The Labute approximate surface area is 130 Å². The number of hydrogen-bond acceptors (Lipinski definition) is 3. The summed E-state index contributed by atoms with van der Waals surface area (Å²) in [5.41, 5.74) is 3.24. The van der Waals surface area contributed by atoms with E-state index in [2.05, 4.69) is 23.6 Å². The molecule has 0 bridgehead atoms. The Kier molecular flexibility index (Phi) is 4.28. The number of para-hydroxylation sites is 1. The van der Waals surface area contributed by atoms with Gasteiger partial charge in [-0.1, -0.05) is 30.3 Å². The number of hydrogen-bond donors (Lipinski definition) is 2. The van der Waals surface area contributed by atoms with Gasteiger partial charge in [0.15, 0.2) is 0 Å². The van der Waals surface area contributed by atoms with Gasteiger partial charge >= 0.3 is 0 Å². The first-order valence-corrected chi connectivity index (χ1v) is 7.54. The molecule has 4 heteroatoms. The van der Waals surface area contributed by atoms with Gasteiger partial charge in [0.1, 0.15) is 18.4 Å². The van der Waals surface area contributed by atoms with Crippen LogP contribution in [0.3, 0.4) is 0 Å². The molecule has 22 heavy (non-hydrogen) atoms. The minimum atomic E-state index is -0.135. The van der Waals surface area contributed by atoms with Crippen LogP contribution in [0.4, 0.5) is 5.69 Å². The smallest absolute Gasteiger partial charge is 0.242 e. The topological polar surface area (TPSA) is 50.4 Å². The molecule has 0 aliphatic carbocycles. The van der Waals surface area contributed by atoms with E-state index in [4.69, 9.17) is 4.74 Å².